The van der Waals surface area contributed by atoms with Crippen molar-refractivity contribution >= 4 is 0 Å². The summed E-state index contributed by atoms with van der Waals surface area (Å²) in [5, 5.41) is 8.56. The molecular weight excluding hydrogens is 302 g/mol. The fourth-order valence-electron chi connectivity index (χ4n) is 1.53. The lowest BCUT2D eigenvalue weighted by Crippen LogP contribution is -2.47. The summed E-state index contributed by atoms with van der Waals surface area (Å²) in [5.41, 5.74) is 3.30. The van der Waals surface area contributed by atoms with Crippen molar-refractivity contribution in [3.05, 3.63) is 29.3 Å². The van der Waals surface area contributed by atoms with Crippen molar-refractivity contribution in [1.82, 2.24) is 0 Å². The molecule has 0 saturated carbocycles. The number of benzene rings is 1. The van der Waals surface area contributed by atoms with Gasteiger partial charge in [0, 0.05) is 6.04 Å². The van der Waals surface area contributed by atoms with E-state index in [1.165, 1.54) is 6.07 Å². The highest BCUT2D eigenvalue weighted by Gasteiger charge is 2.45. The topological polar surface area (TPSA) is 59.0 Å². The number of halogens is 6. The molecule has 0 spiro atoms. The van der Waals surface area contributed by atoms with Crippen LogP contribution in [0.4, 0.5) is 26.3 Å². The predicted octanol–water partition coefficient (Wildman–Crippen LogP) is 3.23. The second-order valence-electron chi connectivity index (χ2n) is 4.26. The highest BCUT2D eigenvalue weighted by molar-refractivity contribution is 5.43. The number of ether oxygens (including phenoxy) is 1. The summed E-state index contributed by atoms with van der Waals surface area (Å²) in [6.07, 6.45) is -12.5. The molecule has 0 aromatic heterocycles. The molecule has 0 aliphatic rings. The lowest BCUT2D eigenvalue weighted by Gasteiger charge is -2.26. The van der Waals surface area contributed by atoms with Crippen LogP contribution in [0.25, 0.3) is 0 Å². The second-order valence-corrected chi connectivity index (χ2v) is 4.26. The van der Waals surface area contributed by atoms with Gasteiger partial charge in [-0.2, -0.15) is 31.6 Å². The molecule has 3 nitrogen and oxygen atoms in total. The molecular formula is C12H10F6N2O. The van der Waals surface area contributed by atoms with E-state index in [0.29, 0.717) is 12.1 Å². The SMILES string of the molecule is CC(N)C(Oc1ccc(C#N)cc1C(F)(F)F)C(F)(F)F. The van der Waals surface area contributed by atoms with E-state index in [2.05, 4.69) is 4.74 Å². The minimum Gasteiger partial charge on any atom is -0.479 e. The molecule has 1 rings (SSSR count). The van der Waals surface area contributed by atoms with Gasteiger partial charge in [0.1, 0.15) is 5.75 Å². The molecule has 0 heterocycles. The third kappa shape index (κ3) is 4.26. The summed E-state index contributed by atoms with van der Waals surface area (Å²) in [6, 6.07) is 1.92. The standard InChI is InChI=1S/C12H10F6N2O/c1-6(20)10(12(16,17)18)21-9-3-2-7(5-19)4-8(9)11(13,14)15/h2-4,6,10H,20H2,1H3. The number of hydrogen-bond acceptors (Lipinski definition) is 3. The van der Waals surface area contributed by atoms with Gasteiger partial charge < -0.3 is 10.5 Å². The summed E-state index contributed by atoms with van der Waals surface area (Å²) in [4.78, 5) is 0. The van der Waals surface area contributed by atoms with Gasteiger partial charge in [0.15, 0.2) is 0 Å². The fourth-order valence-corrected chi connectivity index (χ4v) is 1.53. The Kier molecular flexibility index (Phi) is 4.73. The molecule has 2 N–H and O–H groups in total. The smallest absolute Gasteiger partial charge is 0.426 e. The van der Waals surface area contributed by atoms with Gasteiger partial charge in [0.05, 0.1) is 17.2 Å². The van der Waals surface area contributed by atoms with Crippen LogP contribution in [0.2, 0.25) is 0 Å². The first-order valence-electron chi connectivity index (χ1n) is 5.57. The number of rotatable bonds is 3. The first kappa shape index (κ1) is 17.1. The van der Waals surface area contributed by atoms with E-state index in [9.17, 15) is 26.3 Å². The number of nitriles is 1. The molecule has 0 aliphatic heterocycles. The van der Waals surface area contributed by atoms with Crippen molar-refractivity contribution < 1.29 is 31.1 Å². The van der Waals surface area contributed by atoms with Gasteiger partial charge in [-0.25, -0.2) is 0 Å². The normalized spacial score (nSPS) is 15.2. The molecule has 0 amide bonds. The summed E-state index contributed by atoms with van der Waals surface area (Å²) in [5.74, 6) is -1.03. The zero-order valence-corrected chi connectivity index (χ0v) is 10.6. The third-order valence-corrected chi connectivity index (χ3v) is 2.47. The van der Waals surface area contributed by atoms with E-state index >= 15 is 0 Å². The molecule has 0 bridgehead atoms. The van der Waals surface area contributed by atoms with Crippen LogP contribution in [0.5, 0.6) is 5.75 Å². The van der Waals surface area contributed by atoms with Gasteiger partial charge in [0.25, 0.3) is 0 Å². The van der Waals surface area contributed by atoms with E-state index in [1.54, 1.807) is 0 Å². The van der Waals surface area contributed by atoms with Gasteiger partial charge in [-0.15, -0.1) is 0 Å². The molecule has 2 atom stereocenters. The number of hydrogen-bond donors (Lipinski definition) is 1. The molecule has 1 aromatic carbocycles. The first-order valence-corrected chi connectivity index (χ1v) is 5.57. The summed E-state index contributed by atoms with van der Waals surface area (Å²) in [6.45, 7) is 0.967. The van der Waals surface area contributed by atoms with Crippen LogP contribution in [0.15, 0.2) is 18.2 Å². The number of alkyl halides is 6. The van der Waals surface area contributed by atoms with Crippen LogP contribution in [0, 0.1) is 11.3 Å². The maximum Gasteiger partial charge on any atom is 0.426 e. The average Bonchev–Trinajstić information content (AvgIpc) is 2.32. The molecule has 116 valence electrons. The van der Waals surface area contributed by atoms with Crippen molar-refractivity contribution in [3.63, 3.8) is 0 Å². The van der Waals surface area contributed by atoms with E-state index < -0.39 is 35.8 Å². The second kappa shape index (κ2) is 5.81. The summed E-state index contributed by atoms with van der Waals surface area (Å²) < 4.78 is 80.9. The van der Waals surface area contributed by atoms with Gasteiger partial charge in [-0.05, 0) is 25.1 Å². The highest BCUT2D eigenvalue weighted by Crippen LogP contribution is 2.38. The number of nitrogens with zero attached hydrogens (tertiary/aromatic N) is 1. The van der Waals surface area contributed by atoms with Crippen LogP contribution in [-0.2, 0) is 6.18 Å². The van der Waals surface area contributed by atoms with E-state index in [0.717, 1.165) is 13.0 Å². The Bertz CT molecular complexity index is 544. The maximum atomic E-state index is 12.8. The minimum absolute atomic E-state index is 0.348. The molecule has 0 fully saturated rings. The molecule has 2 unspecified atom stereocenters. The van der Waals surface area contributed by atoms with Crippen LogP contribution < -0.4 is 10.5 Å². The fraction of sp³-hybridized carbons (Fsp3) is 0.417. The van der Waals surface area contributed by atoms with Crippen LogP contribution in [-0.4, -0.2) is 18.3 Å². The van der Waals surface area contributed by atoms with E-state index in [4.69, 9.17) is 11.0 Å². The molecule has 0 radical (unpaired) electrons. The summed E-state index contributed by atoms with van der Waals surface area (Å²) >= 11 is 0. The Morgan fingerprint density at radius 2 is 1.76 bits per heavy atom. The Morgan fingerprint density at radius 3 is 2.14 bits per heavy atom. The van der Waals surface area contributed by atoms with Crippen molar-refractivity contribution in [2.45, 2.75) is 31.4 Å². The molecule has 0 saturated heterocycles. The minimum atomic E-state index is -4.96. The largest absolute Gasteiger partial charge is 0.479 e. The molecule has 0 aliphatic carbocycles. The first-order chi connectivity index (χ1) is 9.46. The Morgan fingerprint density at radius 1 is 1.19 bits per heavy atom. The van der Waals surface area contributed by atoms with E-state index in [-0.39, 0.29) is 5.56 Å². The highest BCUT2D eigenvalue weighted by atomic mass is 19.4. The predicted molar refractivity (Wildman–Crippen MR) is 60.3 cm³/mol. The Labute approximate surface area is 115 Å². The summed E-state index contributed by atoms with van der Waals surface area (Å²) in [7, 11) is 0. The Balaban J connectivity index is 3.28. The van der Waals surface area contributed by atoms with Gasteiger partial charge in [-0.1, -0.05) is 0 Å². The van der Waals surface area contributed by atoms with Crippen LogP contribution in [0.3, 0.4) is 0 Å². The van der Waals surface area contributed by atoms with Crippen molar-refractivity contribution in [2.75, 3.05) is 0 Å². The lowest BCUT2D eigenvalue weighted by atomic mass is 10.1. The Hall–Kier alpha value is -1.95. The maximum absolute atomic E-state index is 12.8. The monoisotopic (exact) mass is 312 g/mol. The molecule has 9 heteroatoms. The third-order valence-electron chi connectivity index (χ3n) is 2.47. The van der Waals surface area contributed by atoms with Crippen molar-refractivity contribution in [2.24, 2.45) is 5.73 Å². The van der Waals surface area contributed by atoms with Crippen LogP contribution >= 0.6 is 0 Å². The zero-order valence-electron chi connectivity index (χ0n) is 10.6. The van der Waals surface area contributed by atoms with Gasteiger partial charge in [0.2, 0.25) is 6.10 Å². The van der Waals surface area contributed by atoms with E-state index in [1.807, 2.05) is 0 Å². The number of nitrogens with two attached hydrogens (primary N) is 1. The quantitative estimate of drug-likeness (QED) is 0.872. The van der Waals surface area contributed by atoms with Crippen molar-refractivity contribution in [3.8, 4) is 11.8 Å². The zero-order chi connectivity index (χ0) is 16.4. The van der Waals surface area contributed by atoms with Gasteiger partial charge in [-0.3, -0.25) is 0 Å². The average molecular weight is 312 g/mol. The molecule has 21 heavy (non-hydrogen) atoms. The van der Waals surface area contributed by atoms with Crippen LogP contribution in [0.1, 0.15) is 18.1 Å². The lowest BCUT2D eigenvalue weighted by molar-refractivity contribution is -0.201. The van der Waals surface area contributed by atoms with Gasteiger partial charge >= 0.3 is 12.4 Å². The van der Waals surface area contributed by atoms with Crippen molar-refractivity contribution in [1.29, 1.82) is 5.26 Å². The molecule has 1 aromatic rings.